The van der Waals surface area contributed by atoms with Crippen molar-refractivity contribution in [1.29, 1.82) is 0 Å². The molecule has 1 unspecified atom stereocenters. The van der Waals surface area contributed by atoms with Gasteiger partial charge in [-0.15, -0.1) is 0 Å². The van der Waals surface area contributed by atoms with Crippen LogP contribution in [0.3, 0.4) is 0 Å². The summed E-state index contributed by atoms with van der Waals surface area (Å²) in [5.74, 6) is 0.639. The molecule has 32 heavy (non-hydrogen) atoms. The van der Waals surface area contributed by atoms with Crippen molar-refractivity contribution in [1.82, 2.24) is 15.1 Å². The topological polar surface area (TPSA) is 65.1 Å². The quantitative estimate of drug-likeness (QED) is 0.647. The van der Waals surface area contributed by atoms with Crippen molar-refractivity contribution in [2.24, 2.45) is 0 Å². The molecule has 0 aromatic heterocycles. The average molecular weight is 457 g/mol. The summed E-state index contributed by atoms with van der Waals surface area (Å²) in [5, 5.41) is 3.63. The van der Waals surface area contributed by atoms with Crippen LogP contribution >= 0.6 is 11.6 Å². The van der Waals surface area contributed by atoms with Gasteiger partial charge >= 0.3 is 6.03 Å². The number of hydrogen-bond donors (Lipinski definition) is 1. The summed E-state index contributed by atoms with van der Waals surface area (Å²) in [4.78, 5) is 31.5. The van der Waals surface area contributed by atoms with Crippen molar-refractivity contribution in [2.45, 2.75) is 25.3 Å². The lowest BCUT2D eigenvalue weighted by molar-refractivity contribution is -0.132. The number of anilines is 1. The highest BCUT2D eigenvalue weighted by molar-refractivity contribution is 6.30. The molecule has 2 aliphatic rings. The molecule has 0 spiro atoms. The number of carbonyl (C=O) groups excluding carboxylic acids is 2. The van der Waals surface area contributed by atoms with Gasteiger partial charge in [-0.1, -0.05) is 29.8 Å². The molecule has 0 saturated carbocycles. The lowest BCUT2D eigenvalue weighted by atomic mass is 9.93. The van der Waals surface area contributed by atoms with Gasteiger partial charge in [-0.25, -0.2) is 9.69 Å². The van der Waals surface area contributed by atoms with Crippen LogP contribution in [0.15, 0.2) is 48.5 Å². The first-order valence-electron chi connectivity index (χ1n) is 10.9. The number of rotatable bonds is 7. The van der Waals surface area contributed by atoms with Gasteiger partial charge in [0.05, 0.1) is 13.8 Å². The normalized spacial score (nSPS) is 21.7. The molecular formula is C24H29ClN4O3. The van der Waals surface area contributed by atoms with E-state index in [1.165, 1.54) is 4.90 Å². The number of carbonyl (C=O) groups is 2. The fraction of sp³-hybridized carbons (Fsp3) is 0.417. The van der Waals surface area contributed by atoms with Gasteiger partial charge in [0.25, 0.3) is 5.91 Å². The first-order chi connectivity index (χ1) is 15.4. The molecule has 2 aliphatic heterocycles. The molecule has 7 nitrogen and oxygen atoms in total. The molecule has 1 N–H and O–H groups in total. The van der Waals surface area contributed by atoms with Crippen LogP contribution < -0.4 is 15.0 Å². The van der Waals surface area contributed by atoms with E-state index in [9.17, 15) is 9.59 Å². The number of halogens is 1. The van der Waals surface area contributed by atoms with Crippen molar-refractivity contribution in [3.05, 3.63) is 59.1 Å². The van der Waals surface area contributed by atoms with Crippen LogP contribution in [-0.2, 0) is 11.2 Å². The Morgan fingerprint density at radius 1 is 1.06 bits per heavy atom. The smallest absolute Gasteiger partial charge is 0.326 e. The number of benzene rings is 2. The fourth-order valence-electron chi connectivity index (χ4n) is 4.25. The van der Waals surface area contributed by atoms with Crippen molar-refractivity contribution >= 4 is 29.2 Å². The van der Waals surface area contributed by atoms with Gasteiger partial charge in [0.1, 0.15) is 11.3 Å². The van der Waals surface area contributed by atoms with E-state index in [1.54, 1.807) is 7.11 Å². The molecule has 2 aromatic carbocycles. The maximum absolute atomic E-state index is 13.1. The maximum Gasteiger partial charge on any atom is 0.326 e. The second-order valence-corrected chi connectivity index (χ2v) is 9.01. The Labute approximate surface area is 193 Å². The molecule has 0 bridgehead atoms. The molecule has 1 atom stereocenters. The maximum atomic E-state index is 13.1. The number of hydrogen-bond acceptors (Lipinski definition) is 5. The number of imide groups is 1. The minimum absolute atomic E-state index is 0.159. The number of methoxy groups -OCH3 is 1. The van der Waals surface area contributed by atoms with Gasteiger partial charge in [-0.05, 0) is 55.7 Å². The minimum atomic E-state index is -0.889. The summed E-state index contributed by atoms with van der Waals surface area (Å²) >= 11 is 6.11. The van der Waals surface area contributed by atoms with E-state index >= 15 is 0 Å². The zero-order valence-corrected chi connectivity index (χ0v) is 19.3. The van der Waals surface area contributed by atoms with Gasteiger partial charge < -0.3 is 15.0 Å². The van der Waals surface area contributed by atoms with Crippen LogP contribution in [-0.4, -0.2) is 67.2 Å². The van der Waals surface area contributed by atoms with E-state index in [0.29, 0.717) is 19.5 Å². The van der Waals surface area contributed by atoms with Crippen molar-refractivity contribution in [2.75, 3.05) is 44.9 Å². The van der Waals surface area contributed by atoms with Crippen LogP contribution in [0.25, 0.3) is 0 Å². The molecule has 0 radical (unpaired) electrons. The van der Waals surface area contributed by atoms with E-state index in [2.05, 4.69) is 15.1 Å². The summed E-state index contributed by atoms with van der Waals surface area (Å²) in [6.07, 6.45) is 1.24. The second kappa shape index (κ2) is 9.38. The van der Waals surface area contributed by atoms with Gasteiger partial charge in [0.15, 0.2) is 0 Å². The molecule has 3 amide bonds. The first-order valence-corrected chi connectivity index (χ1v) is 11.3. The van der Waals surface area contributed by atoms with E-state index < -0.39 is 5.54 Å². The number of nitrogens with zero attached hydrogens (tertiary/aromatic N) is 3. The SMILES string of the molecule is COc1ccc(CCC2(C)NC(=O)N(CN3CCN(c4cccc(Cl)c4)CC3)C2=O)cc1. The van der Waals surface area contributed by atoms with E-state index in [-0.39, 0.29) is 11.9 Å². The lowest BCUT2D eigenvalue weighted by Gasteiger charge is -2.37. The predicted octanol–water partition coefficient (Wildman–Crippen LogP) is 3.37. The van der Waals surface area contributed by atoms with Crippen LogP contribution in [0.1, 0.15) is 18.9 Å². The third-order valence-electron chi connectivity index (χ3n) is 6.30. The summed E-state index contributed by atoms with van der Waals surface area (Å²) < 4.78 is 5.19. The van der Waals surface area contributed by atoms with Gasteiger partial charge in [0, 0.05) is 36.9 Å². The Morgan fingerprint density at radius 3 is 2.44 bits per heavy atom. The summed E-state index contributed by atoms with van der Waals surface area (Å²) in [6.45, 7) is 5.30. The highest BCUT2D eigenvalue weighted by Crippen LogP contribution is 2.25. The zero-order valence-electron chi connectivity index (χ0n) is 18.5. The van der Waals surface area contributed by atoms with Crippen LogP contribution in [0.2, 0.25) is 5.02 Å². The largest absolute Gasteiger partial charge is 0.497 e. The minimum Gasteiger partial charge on any atom is -0.497 e. The number of urea groups is 1. The molecule has 8 heteroatoms. The molecule has 170 valence electrons. The number of amides is 3. The number of piperazine rings is 1. The molecular weight excluding hydrogens is 428 g/mol. The van der Waals surface area contributed by atoms with Crippen LogP contribution in [0.4, 0.5) is 10.5 Å². The Kier molecular flexibility index (Phi) is 6.58. The zero-order chi connectivity index (χ0) is 22.7. The number of aryl methyl sites for hydroxylation is 1. The average Bonchev–Trinajstić information content (AvgIpc) is 3.02. The predicted molar refractivity (Wildman–Crippen MR) is 125 cm³/mol. The monoisotopic (exact) mass is 456 g/mol. The third kappa shape index (κ3) is 4.84. The Morgan fingerprint density at radius 2 is 1.78 bits per heavy atom. The van der Waals surface area contributed by atoms with E-state index in [0.717, 1.165) is 48.2 Å². The summed E-state index contributed by atoms with van der Waals surface area (Å²) in [6, 6.07) is 15.3. The summed E-state index contributed by atoms with van der Waals surface area (Å²) in [7, 11) is 1.63. The Hall–Kier alpha value is -2.77. The summed E-state index contributed by atoms with van der Waals surface area (Å²) in [5.41, 5.74) is 1.31. The molecule has 2 fully saturated rings. The second-order valence-electron chi connectivity index (χ2n) is 8.57. The molecule has 2 saturated heterocycles. The lowest BCUT2D eigenvalue weighted by Crippen LogP contribution is -2.52. The van der Waals surface area contributed by atoms with Crippen LogP contribution in [0.5, 0.6) is 5.75 Å². The van der Waals surface area contributed by atoms with Gasteiger partial charge in [-0.2, -0.15) is 0 Å². The molecule has 2 heterocycles. The third-order valence-corrected chi connectivity index (χ3v) is 6.54. The number of nitrogens with one attached hydrogen (secondary N) is 1. The van der Waals surface area contributed by atoms with Crippen molar-refractivity contribution < 1.29 is 14.3 Å². The van der Waals surface area contributed by atoms with Crippen molar-refractivity contribution in [3.8, 4) is 5.75 Å². The Balaban J connectivity index is 1.31. The molecule has 4 rings (SSSR count). The van der Waals surface area contributed by atoms with Gasteiger partial charge in [-0.3, -0.25) is 9.69 Å². The number of ether oxygens (including phenoxy) is 1. The first kappa shape index (κ1) is 22.4. The van der Waals surface area contributed by atoms with Gasteiger partial charge in [0.2, 0.25) is 0 Å². The fourth-order valence-corrected chi connectivity index (χ4v) is 4.44. The highest BCUT2D eigenvalue weighted by Gasteiger charge is 2.47. The highest BCUT2D eigenvalue weighted by atomic mass is 35.5. The standard InChI is InChI=1S/C24H29ClN4O3/c1-24(11-10-18-6-8-21(32-2)9-7-18)22(30)29(23(31)26-24)17-27-12-14-28(15-13-27)20-5-3-4-19(25)16-20/h3-9,16H,10-15,17H2,1-2H3,(H,26,31). The van der Waals surface area contributed by atoms with E-state index in [4.69, 9.17) is 16.3 Å². The van der Waals surface area contributed by atoms with Crippen LogP contribution in [0, 0.1) is 0 Å². The molecule has 0 aliphatic carbocycles. The van der Waals surface area contributed by atoms with Crippen molar-refractivity contribution in [3.63, 3.8) is 0 Å². The van der Waals surface area contributed by atoms with E-state index in [1.807, 2.05) is 55.5 Å². The molecule has 2 aromatic rings. The Bertz CT molecular complexity index is 975.